The Morgan fingerprint density at radius 3 is 2.52 bits per heavy atom. The van der Waals surface area contributed by atoms with Gasteiger partial charge in [0.15, 0.2) is 0 Å². The molecular weight excluding hydrogens is 388 g/mol. The summed E-state index contributed by atoms with van der Waals surface area (Å²) in [6, 6.07) is 19.3. The highest BCUT2D eigenvalue weighted by Gasteiger charge is 2.15. The van der Waals surface area contributed by atoms with Crippen molar-refractivity contribution in [2.24, 2.45) is 0 Å². The van der Waals surface area contributed by atoms with E-state index < -0.39 is 0 Å². The molecule has 29 heavy (non-hydrogen) atoms. The smallest absolute Gasteiger partial charge is 0.237 e. The number of thioether (sulfide) groups is 1. The number of nitrogens with zero attached hydrogens (tertiary/aromatic N) is 4. The van der Waals surface area contributed by atoms with Crippen LogP contribution in [0.15, 0.2) is 70.2 Å². The molecule has 0 radical (unpaired) electrons. The van der Waals surface area contributed by atoms with Crippen LogP contribution >= 0.6 is 11.8 Å². The van der Waals surface area contributed by atoms with Crippen LogP contribution in [0.4, 0.5) is 0 Å². The number of benzene rings is 2. The Bertz CT molecular complexity index is 1080. The average molecular weight is 406 g/mol. The standard InChI is InChI=1S/C21H18N4O3S/c1-26-15-8-9-16(18(12-15)27-2)21-22-19(28-25-21)13-29-20-11-10-17(23-24-20)14-6-4-3-5-7-14/h3-12H,13H2,1-2H3. The largest absolute Gasteiger partial charge is 0.497 e. The summed E-state index contributed by atoms with van der Waals surface area (Å²) in [6.45, 7) is 0. The fourth-order valence-electron chi connectivity index (χ4n) is 2.70. The minimum atomic E-state index is 0.464. The molecule has 8 heteroatoms. The molecule has 0 fully saturated rings. The predicted octanol–water partition coefficient (Wildman–Crippen LogP) is 4.50. The summed E-state index contributed by atoms with van der Waals surface area (Å²) in [7, 11) is 3.19. The molecule has 2 aromatic carbocycles. The maximum atomic E-state index is 5.40. The molecule has 0 spiro atoms. The first-order chi connectivity index (χ1) is 14.3. The van der Waals surface area contributed by atoms with E-state index >= 15 is 0 Å². The van der Waals surface area contributed by atoms with Crippen LogP contribution in [0.5, 0.6) is 11.5 Å². The van der Waals surface area contributed by atoms with E-state index in [1.54, 1.807) is 20.3 Å². The van der Waals surface area contributed by atoms with Gasteiger partial charge in [-0.1, -0.05) is 47.3 Å². The van der Waals surface area contributed by atoms with Crippen molar-refractivity contribution >= 4 is 11.8 Å². The fraction of sp³-hybridized carbons (Fsp3) is 0.143. The van der Waals surface area contributed by atoms with Crippen molar-refractivity contribution in [1.29, 1.82) is 0 Å². The van der Waals surface area contributed by atoms with Crippen molar-refractivity contribution in [2.75, 3.05) is 14.2 Å². The second-order valence-corrected chi connectivity index (χ2v) is 6.99. The van der Waals surface area contributed by atoms with E-state index in [1.165, 1.54) is 11.8 Å². The Labute approximate surface area is 172 Å². The zero-order valence-corrected chi connectivity index (χ0v) is 16.7. The molecule has 0 saturated carbocycles. The number of rotatable bonds is 7. The van der Waals surface area contributed by atoms with Gasteiger partial charge in [-0.25, -0.2) is 0 Å². The van der Waals surface area contributed by atoms with Crippen molar-refractivity contribution < 1.29 is 14.0 Å². The molecule has 2 heterocycles. The second-order valence-electron chi connectivity index (χ2n) is 5.99. The van der Waals surface area contributed by atoms with Crippen LogP contribution < -0.4 is 9.47 Å². The van der Waals surface area contributed by atoms with Crippen LogP contribution in [0, 0.1) is 0 Å². The lowest BCUT2D eigenvalue weighted by Crippen LogP contribution is -1.92. The molecule has 0 bridgehead atoms. The van der Waals surface area contributed by atoms with E-state index in [4.69, 9.17) is 14.0 Å². The van der Waals surface area contributed by atoms with Gasteiger partial charge in [0.2, 0.25) is 11.7 Å². The van der Waals surface area contributed by atoms with Crippen LogP contribution in [-0.4, -0.2) is 34.6 Å². The van der Waals surface area contributed by atoms with E-state index in [0.717, 1.165) is 21.8 Å². The summed E-state index contributed by atoms with van der Waals surface area (Å²) >= 11 is 1.48. The van der Waals surface area contributed by atoms with Crippen LogP contribution in [0.25, 0.3) is 22.6 Å². The molecule has 0 atom stereocenters. The lowest BCUT2D eigenvalue weighted by atomic mass is 10.1. The van der Waals surface area contributed by atoms with Gasteiger partial charge < -0.3 is 14.0 Å². The summed E-state index contributed by atoms with van der Waals surface area (Å²) < 4.78 is 16.0. The van der Waals surface area contributed by atoms with E-state index in [9.17, 15) is 0 Å². The van der Waals surface area contributed by atoms with E-state index in [-0.39, 0.29) is 0 Å². The SMILES string of the molecule is COc1ccc(-c2noc(CSc3ccc(-c4ccccc4)nn3)n2)c(OC)c1. The number of hydrogen-bond acceptors (Lipinski definition) is 8. The van der Waals surface area contributed by atoms with E-state index in [2.05, 4.69) is 20.3 Å². The second kappa shape index (κ2) is 8.74. The Morgan fingerprint density at radius 1 is 0.931 bits per heavy atom. The normalized spacial score (nSPS) is 10.7. The predicted molar refractivity (Wildman–Crippen MR) is 110 cm³/mol. The molecular formula is C21H18N4O3S. The Kier molecular flexibility index (Phi) is 5.71. The third-order valence-electron chi connectivity index (χ3n) is 4.17. The molecule has 0 saturated heterocycles. The average Bonchev–Trinajstić information content (AvgIpc) is 3.27. The third kappa shape index (κ3) is 4.38. The first kappa shape index (κ1) is 18.9. The molecule has 0 amide bonds. The van der Waals surface area contributed by atoms with Gasteiger partial charge in [0.05, 0.1) is 31.2 Å². The summed E-state index contributed by atoms with van der Waals surface area (Å²) in [6.07, 6.45) is 0. The maximum Gasteiger partial charge on any atom is 0.237 e. The van der Waals surface area contributed by atoms with Crippen LogP contribution in [0.1, 0.15) is 5.89 Å². The first-order valence-corrected chi connectivity index (χ1v) is 9.82. The van der Waals surface area contributed by atoms with Gasteiger partial charge >= 0.3 is 0 Å². The molecule has 146 valence electrons. The highest BCUT2D eigenvalue weighted by atomic mass is 32.2. The molecule has 7 nitrogen and oxygen atoms in total. The molecule has 0 aliphatic heterocycles. The molecule has 0 aliphatic carbocycles. The van der Waals surface area contributed by atoms with Crippen LogP contribution in [0.2, 0.25) is 0 Å². The highest BCUT2D eigenvalue weighted by Crippen LogP contribution is 2.32. The lowest BCUT2D eigenvalue weighted by Gasteiger charge is -2.07. The van der Waals surface area contributed by atoms with Gasteiger partial charge in [-0.05, 0) is 24.3 Å². The Hall–Kier alpha value is -3.39. The topological polar surface area (TPSA) is 83.2 Å². The van der Waals surface area contributed by atoms with Crippen molar-refractivity contribution in [1.82, 2.24) is 20.3 Å². The molecule has 2 aromatic heterocycles. The van der Waals surface area contributed by atoms with Crippen LogP contribution in [-0.2, 0) is 5.75 Å². The lowest BCUT2D eigenvalue weighted by molar-refractivity contribution is 0.388. The molecule has 0 aliphatic rings. The van der Waals surface area contributed by atoms with Crippen molar-refractivity contribution in [3.63, 3.8) is 0 Å². The van der Waals surface area contributed by atoms with Gasteiger partial charge in [0, 0.05) is 11.6 Å². The molecule has 0 unspecified atom stereocenters. The quantitative estimate of drug-likeness (QED) is 0.415. The maximum absolute atomic E-state index is 5.40. The number of hydrogen-bond donors (Lipinski definition) is 0. The molecule has 4 aromatic rings. The fourth-order valence-corrected chi connectivity index (χ4v) is 3.35. The summed E-state index contributed by atoms with van der Waals surface area (Å²) in [5.74, 6) is 2.77. The van der Waals surface area contributed by atoms with Gasteiger partial charge in [-0.3, -0.25) is 0 Å². The van der Waals surface area contributed by atoms with Gasteiger partial charge in [-0.15, -0.1) is 10.2 Å². The minimum Gasteiger partial charge on any atom is -0.497 e. The number of aromatic nitrogens is 4. The van der Waals surface area contributed by atoms with Crippen molar-refractivity contribution in [2.45, 2.75) is 10.8 Å². The summed E-state index contributed by atoms with van der Waals surface area (Å²) in [5.41, 5.74) is 2.61. The first-order valence-electron chi connectivity index (χ1n) is 8.84. The van der Waals surface area contributed by atoms with Crippen molar-refractivity contribution in [3.8, 4) is 34.1 Å². The Morgan fingerprint density at radius 2 is 1.79 bits per heavy atom. The summed E-state index contributed by atoms with van der Waals surface area (Å²) in [5, 5.41) is 13.4. The van der Waals surface area contributed by atoms with Gasteiger partial charge in [0.25, 0.3) is 0 Å². The molecule has 4 rings (SSSR count). The third-order valence-corrected chi connectivity index (χ3v) is 5.08. The molecule has 0 N–H and O–H groups in total. The van der Waals surface area contributed by atoms with Gasteiger partial charge in [0.1, 0.15) is 16.5 Å². The van der Waals surface area contributed by atoms with Gasteiger partial charge in [-0.2, -0.15) is 4.98 Å². The Balaban J connectivity index is 1.44. The van der Waals surface area contributed by atoms with E-state index in [1.807, 2.05) is 54.6 Å². The van der Waals surface area contributed by atoms with Crippen LogP contribution in [0.3, 0.4) is 0 Å². The number of methoxy groups -OCH3 is 2. The van der Waals surface area contributed by atoms with Crippen molar-refractivity contribution in [3.05, 3.63) is 66.6 Å². The minimum absolute atomic E-state index is 0.464. The zero-order chi connectivity index (χ0) is 20.1. The summed E-state index contributed by atoms with van der Waals surface area (Å²) in [4.78, 5) is 4.46. The zero-order valence-electron chi connectivity index (χ0n) is 15.9. The number of ether oxygens (including phenoxy) is 2. The highest BCUT2D eigenvalue weighted by molar-refractivity contribution is 7.98. The van der Waals surface area contributed by atoms with E-state index in [0.29, 0.717) is 29.0 Å². The monoisotopic (exact) mass is 406 g/mol.